The van der Waals surface area contributed by atoms with Gasteiger partial charge in [0.2, 0.25) is 5.91 Å². The fraction of sp³-hybridized carbons (Fsp3) is 0.429. The first-order chi connectivity index (χ1) is 9.47. The van der Waals surface area contributed by atoms with Gasteiger partial charge in [-0.25, -0.2) is 8.78 Å². The Kier molecular flexibility index (Phi) is 4.32. The van der Waals surface area contributed by atoms with Crippen molar-refractivity contribution in [3.63, 3.8) is 0 Å². The fourth-order valence-corrected chi connectivity index (χ4v) is 2.44. The van der Waals surface area contributed by atoms with Crippen LogP contribution < -0.4 is 5.32 Å². The van der Waals surface area contributed by atoms with Gasteiger partial charge in [-0.2, -0.15) is 0 Å². The summed E-state index contributed by atoms with van der Waals surface area (Å²) in [6, 6.07) is 5.50. The average molecular weight is 283 g/mol. The van der Waals surface area contributed by atoms with Crippen molar-refractivity contribution in [2.45, 2.75) is 25.7 Å². The number of benzene rings is 1. The summed E-state index contributed by atoms with van der Waals surface area (Å²) in [7, 11) is 0. The van der Waals surface area contributed by atoms with Gasteiger partial charge in [-0.1, -0.05) is 12.1 Å². The number of amides is 1. The summed E-state index contributed by atoms with van der Waals surface area (Å²) in [5.41, 5.74) is 0.157. The first-order valence-electron chi connectivity index (χ1n) is 6.39. The van der Waals surface area contributed by atoms with Crippen LogP contribution in [0, 0.1) is 11.8 Å². The highest BCUT2D eigenvalue weighted by molar-refractivity contribution is 5.93. The molecule has 0 saturated heterocycles. The molecule has 1 aliphatic carbocycles. The van der Waals surface area contributed by atoms with Gasteiger partial charge >= 0.3 is 5.97 Å². The highest BCUT2D eigenvalue weighted by atomic mass is 19.3. The van der Waals surface area contributed by atoms with E-state index in [1.165, 1.54) is 24.3 Å². The van der Waals surface area contributed by atoms with Gasteiger partial charge in [0.25, 0.3) is 6.43 Å². The van der Waals surface area contributed by atoms with Crippen LogP contribution in [0.3, 0.4) is 0 Å². The van der Waals surface area contributed by atoms with Crippen LogP contribution in [-0.2, 0) is 9.59 Å². The van der Waals surface area contributed by atoms with E-state index in [0.29, 0.717) is 24.9 Å². The van der Waals surface area contributed by atoms with E-state index in [2.05, 4.69) is 5.32 Å². The normalized spacial score (nSPS) is 21.9. The third-order valence-corrected chi connectivity index (χ3v) is 3.56. The number of rotatable bonds is 4. The van der Waals surface area contributed by atoms with Gasteiger partial charge in [0, 0.05) is 17.2 Å². The maximum atomic E-state index is 12.5. The summed E-state index contributed by atoms with van der Waals surface area (Å²) in [6.45, 7) is 0. The van der Waals surface area contributed by atoms with Crippen LogP contribution in [0.4, 0.5) is 14.5 Å². The standard InChI is InChI=1S/C14H15F2NO3/c15-12(16)8-2-1-3-11(7-8)17-13(18)9-4-5-10(6-9)14(19)20/h1-3,7,9-10,12H,4-6H2,(H,17,18)(H,19,20)/t9-,10+/m0/s1. The third kappa shape index (κ3) is 3.31. The number of carbonyl (C=O) groups is 2. The predicted molar refractivity (Wildman–Crippen MR) is 68.5 cm³/mol. The topological polar surface area (TPSA) is 66.4 Å². The van der Waals surface area contributed by atoms with Crippen molar-refractivity contribution in [2.75, 3.05) is 5.32 Å². The molecule has 1 aromatic rings. The lowest BCUT2D eigenvalue weighted by atomic mass is 10.0. The molecular formula is C14H15F2NO3. The van der Waals surface area contributed by atoms with E-state index < -0.39 is 18.3 Å². The maximum Gasteiger partial charge on any atom is 0.306 e. The molecule has 0 bridgehead atoms. The molecule has 1 saturated carbocycles. The molecule has 0 radical (unpaired) electrons. The minimum atomic E-state index is -2.59. The summed E-state index contributed by atoms with van der Waals surface area (Å²) in [5, 5.41) is 11.5. The Morgan fingerprint density at radius 1 is 1.25 bits per heavy atom. The largest absolute Gasteiger partial charge is 0.481 e. The van der Waals surface area contributed by atoms with E-state index in [-0.39, 0.29) is 17.4 Å². The molecule has 1 aromatic carbocycles. The first-order valence-corrected chi connectivity index (χ1v) is 6.39. The van der Waals surface area contributed by atoms with E-state index in [9.17, 15) is 18.4 Å². The lowest BCUT2D eigenvalue weighted by Gasteiger charge is -2.11. The van der Waals surface area contributed by atoms with E-state index >= 15 is 0 Å². The number of aliphatic carboxylic acids is 1. The summed E-state index contributed by atoms with van der Waals surface area (Å²) in [6.07, 6.45) is -1.30. The maximum absolute atomic E-state index is 12.5. The van der Waals surface area contributed by atoms with Crippen LogP contribution in [-0.4, -0.2) is 17.0 Å². The Balaban J connectivity index is 1.98. The highest BCUT2D eigenvalue weighted by Crippen LogP contribution is 2.32. The molecule has 1 fully saturated rings. The molecule has 2 rings (SSSR count). The van der Waals surface area contributed by atoms with E-state index in [1.807, 2.05) is 0 Å². The van der Waals surface area contributed by atoms with Crippen LogP contribution >= 0.6 is 0 Å². The second kappa shape index (κ2) is 5.98. The van der Waals surface area contributed by atoms with E-state index in [0.717, 1.165) is 0 Å². The monoisotopic (exact) mass is 283 g/mol. The predicted octanol–water partition coefficient (Wildman–Crippen LogP) is 3.06. The smallest absolute Gasteiger partial charge is 0.306 e. The van der Waals surface area contributed by atoms with Crippen LogP contribution in [0.15, 0.2) is 24.3 Å². The minimum Gasteiger partial charge on any atom is -0.481 e. The molecule has 1 aliphatic rings. The van der Waals surface area contributed by atoms with Crippen molar-refractivity contribution in [2.24, 2.45) is 11.8 Å². The van der Waals surface area contributed by atoms with Gasteiger partial charge < -0.3 is 10.4 Å². The molecule has 2 N–H and O–H groups in total. The highest BCUT2D eigenvalue weighted by Gasteiger charge is 2.33. The number of alkyl halides is 2. The van der Waals surface area contributed by atoms with Crippen molar-refractivity contribution in [1.29, 1.82) is 0 Å². The Hall–Kier alpha value is -1.98. The number of carboxylic acid groups (broad SMARTS) is 1. The van der Waals surface area contributed by atoms with Crippen LogP contribution in [0.1, 0.15) is 31.3 Å². The van der Waals surface area contributed by atoms with Gasteiger partial charge in [0.15, 0.2) is 0 Å². The van der Waals surface area contributed by atoms with Crippen LogP contribution in [0.25, 0.3) is 0 Å². The fourth-order valence-electron chi connectivity index (χ4n) is 2.44. The van der Waals surface area contributed by atoms with E-state index in [4.69, 9.17) is 5.11 Å². The van der Waals surface area contributed by atoms with Gasteiger partial charge in [-0.15, -0.1) is 0 Å². The summed E-state index contributed by atoms with van der Waals surface area (Å²) in [5.74, 6) is -2.05. The van der Waals surface area contributed by atoms with Gasteiger partial charge in [-0.05, 0) is 31.4 Å². The Morgan fingerprint density at radius 2 is 1.95 bits per heavy atom. The molecule has 20 heavy (non-hydrogen) atoms. The molecule has 0 aromatic heterocycles. The molecule has 2 atom stereocenters. The van der Waals surface area contributed by atoms with Crippen LogP contribution in [0.5, 0.6) is 0 Å². The molecule has 0 spiro atoms. The zero-order chi connectivity index (χ0) is 14.7. The van der Waals surface area contributed by atoms with Crippen LogP contribution in [0.2, 0.25) is 0 Å². The zero-order valence-corrected chi connectivity index (χ0v) is 10.7. The molecule has 1 amide bonds. The summed E-state index contributed by atoms with van der Waals surface area (Å²) < 4.78 is 25.1. The number of nitrogens with one attached hydrogen (secondary N) is 1. The molecule has 6 heteroatoms. The Bertz CT molecular complexity index is 519. The molecule has 0 unspecified atom stereocenters. The molecule has 108 valence electrons. The van der Waals surface area contributed by atoms with Gasteiger partial charge in [0.1, 0.15) is 0 Å². The first kappa shape index (κ1) is 14.4. The summed E-state index contributed by atoms with van der Waals surface area (Å²) >= 11 is 0. The SMILES string of the molecule is O=C(O)[C@@H]1CC[C@H](C(=O)Nc2cccc(C(F)F)c2)C1. The number of halogens is 2. The Morgan fingerprint density at radius 3 is 2.55 bits per heavy atom. The second-order valence-corrected chi connectivity index (χ2v) is 4.96. The van der Waals surface area contributed by atoms with Crippen molar-refractivity contribution in [3.05, 3.63) is 29.8 Å². The van der Waals surface area contributed by atoms with Gasteiger partial charge in [0.05, 0.1) is 5.92 Å². The number of anilines is 1. The number of carboxylic acids is 1. The number of carbonyl (C=O) groups excluding carboxylic acids is 1. The van der Waals surface area contributed by atoms with Crippen molar-refractivity contribution in [3.8, 4) is 0 Å². The molecule has 0 heterocycles. The zero-order valence-electron chi connectivity index (χ0n) is 10.7. The van der Waals surface area contributed by atoms with Crippen molar-refractivity contribution in [1.82, 2.24) is 0 Å². The lowest BCUT2D eigenvalue weighted by molar-refractivity contribution is -0.141. The Labute approximate surface area is 114 Å². The van der Waals surface area contributed by atoms with Crippen molar-refractivity contribution >= 4 is 17.6 Å². The molecule has 4 nitrogen and oxygen atoms in total. The quantitative estimate of drug-likeness (QED) is 0.892. The van der Waals surface area contributed by atoms with Gasteiger partial charge in [-0.3, -0.25) is 9.59 Å². The average Bonchev–Trinajstić information content (AvgIpc) is 2.88. The second-order valence-electron chi connectivity index (χ2n) is 4.96. The minimum absolute atomic E-state index is 0.155. The number of hydrogen-bond donors (Lipinski definition) is 2. The summed E-state index contributed by atoms with van der Waals surface area (Å²) in [4.78, 5) is 22.8. The lowest BCUT2D eigenvalue weighted by Crippen LogP contribution is -2.21. The molecular weight excluding hydrogens is 268 g/mol. The van der Waals surface area contributed by atoms with E-state index in [1.54, 1.807) is 0 Å². The van der Waals surface area contributed by atoms with Crippen molar-refractivity contribution < 1.29 is 23.5 Å². The molecule has 0 aliphatic heterocycles. The number of hydrogen-bond acceptors (Lipinski definition) is 2. The third-order valence-electron chi connectivity index (χ3n) is 3.56.